The first-order valence-electron chi connectivity index (χ1n) is 7.57. The summed E-state index contributed by atoms with van der Waals surface area (Å²) in [4.78, 5) is 24.3. The van der Waals surface area contributed by atoms with E-state index in [0.717, 1.165) is 0 Å². The predicted octanol–water partition coefficient (Wildman–Crippen LogP) is 1.16. The van der Waals surface area contributed by atoms with Crippen LogP contribution >= 0.6 is 0 Å². The molecule has 0 aliphatic carbocycles. The topological polar surface area (TPSA) is 142 Å². The van der Waals surface area contributed by atoms with Crippen LogP contribution in [0.4, 0.5) is 13.2 Å². The Morgan fingerprint density at radius 3 is 2.57 bits per heavy atom. The standard InChI is InChI=1S/C14H9F3O10S/c15-14(16,17)5(3-28(20,21)22)25-12(18)6-7-9-11(27-13(7)19)10(8(6)26-9)24-2-4-1-23-4/h4-5H,1-3H2,(H,20,21,22). The predicted molar refractivity (Wildman–Crippen MR) is 79.3 cm³/mol. The molecular formula is C14H9F3O10S. The van der Waals surface area contributed by atoms with Gasteiger partial charge in [-0.1, -0.05) is 0 Å². The van der Waals surface area contributed by atoms with Gasteiger partial charge in [-0.25, -0.2) is 9.59 Å². The SMILES string of the molecule is O=C(OC(CS(=O)(=O)O)C(F)(F)F)c1c2c3oc1c(OCC1CO1)c3OC2=O. The van der Waals surface area contributed by atoms with E-state index in [9.17, 15) is 31.2 Å². The first-order chi connectivity index (χ1) is 13.0. The van der Waals surface area contributed by atoms with Crippen molar-refractivity contribution in [1.82, 2.24) is 0 Å². The number of carbonyl (C=O) groups excluding carboxylic acids is 2. The lowest BCUT2D eigenvalue weighted by Gasteiger charge is -2.19. The van der Waals surface area contributed by atoms with E-state index in [-0.39, 0.29) is 35.4 Å². The third-order valence-electron chi connectivity index (χ3n) is 3.92. The van der Waals surface area contributed by atoms with Gasteiger partial charge in [0.2, 0.25) is 17.6 Å². The molecule has 4 rings (SSSR count). The molecule has 1 N–H and O–H groups in total. The smallest absolute Gasteiger partial charge is 0.426 e. The summed E-state index contributed by atoms with van der Waals surface area (Å²) >= 11 is 0. The molecule has 2 aliphatic heterocycles. The van der Waals surface area contributed by atoms with Crippen molar-refractivity contribution >= 4 is 33.2 Å². The van der Waals surface area contributed by atoms with Crippen LogP contribution in [0.3, 0.4) is 0 Å². The maximum atomic E-state index is 13.0. The van der Waals surface area contributed by atoms with Gasteiger partial charge in [-0.3, -0.25) is 4.55 Å². The molecule has 152 valence electrons. The van der Waals surface area contributed by atoms with E-state index in [1.807, 2.05) is 0 Å². The Balaban J connectivity index is 1.66. The van der Waals surface area contributed by atoms with Gasteiger partial charge in [0, 0.05) is 0 Å². The average molecular weight is 426 g/mol. The average Bonchev–Trinajstić information content (AvgIpc) is 3.12. The van der Waals surface area contributed by atoms with Crippen molar-refractivity contribution in [3.05, 3.63) is 11.1 Å². The van der Waals surface area contributed by atoms with Gasteiger partial charge in [-0.2, -0.15) is 21.6 Å². The monoisotopic (exact) mass is 426 g/mol. The van der Waals surface area contributed by atoms with Gasteiger partial charge in [0.15, 0.2) is 11.2 Å². The van der Waals surface area contributed by atoms with Gasteiger partial charge in [0.25, 0.3) is 10.1 Å². The van der Waals surface area contributed by atoms with Crippen molar-refractivity contribution in [2.45, 2.75) is 18.4 Å². The lowest BCUT2D eigenvalue weighted by atomic mass is 10.1. The zero-order valence-corrected chi connectivity index (χ0v) is 14.3. The van der Waals surface area contributed by atoms with Crippen molar-refractivity contribution in [3.63, 3.8) is 0 Å². The highest BCUT2D eigenvalue weighted by Gasteiger charge is 2.49. The van der Waals surface area contributed by atoms with Crippen LogP contribution in [0, 0.1) is 0 Å². The molecule has 2 aliphatic rings. The van der Waals surface area contributed by atoms with E-state index >= 15 is 0 Å². The molecule has 2 aromatic rings. The summed E-state index contributed by atoms with van der Waals surface area (Å²) in [6.07, 6.45) is -8.69. The number of furan rings is 2. The van der Waals surface area contributed by atoms with E-state index in [4.69, 9.17) is 23.2 Å². The summed E-state index contributed by atoms with van der Waals surface area (Å²) in [7, 11) is -5.13. The molecule has 10 nitrogen and oxygen atoms in total. The molecule has 0 radical (unpaired) electrons. The van der Waals surface area contributed by atoms with Crippen molar-refractivity contribution in [2.24, 2.45) is 0 Å². The van der Waals surface area contributed by atoms with Crippen LogP contribution < -0.4 is 9.47 Å². The lowest BCUT2D eigenvalue weighted by Crippen LogP contribution is -2.39. The van der Waals surface area contributed by atoms with Crippen molar-refractivity contribution in [3.8, 4) is 11.5 Å². The second kappa shape index (κ2) is 5.96. The van der Waals surface area contributed by atoms with Crippen LogP contribution in [0.2, 0.25) is 0 Å². The highest BCUT2D eigenvalue weighted by atomic mass is 32.2. The van der Waals surface area contributed by atoms with Crippen LogP contribution in [-0.2, 0) is 19.6 Å². The molecule has 0 spiro atoms. The molecule has 4 heterocycles. The first-order valence-corrected chi connectivity index (χ1v) is 9.18. The molecule has 14 heteroatoms. The number of ether oxygens (including phenoxy) is 4. The van der Waals surface area contributed by atoms with Gasteiger partial charge in [0.05, 0.1) is 6.61 Å². The quantitative estimate of drug-likeness (QED) is 0.389. The second-order valence-corrected chi connectivity index (χ2v) is 7.51. The minimum Gasteiger partial charge on any atom is -0.483 e. The Hall–Kier alpha value is -2.58. The van der Waals surface area contributed by atoms with E-state index in [2.05, 4.69) is 4.74 Å². The van der Waals surface area contributed by atoms with Gasteiger partial charge >= 0.3 is 18.1 Å². The molecule has 0 aromatic carbocycles. The van der Waals surface area contributed by atoms with E-state index in [1.54, 1.807) is 0 Å². The van der Waals surface area contributed by atoms with Gasteiger partial charge in [-0.15, -0.1) is 0 Å². The third-order valence-corrected chi connectivity index (χ3v) is 4.65. The second-order valence-electron chi connectivity index (χ2n) is 6.01. The number of hydrogen-bond donors (Lipinski definition) is 1. The number of rotatable bonds is 7. The summed E-state index contributed by atoms with van der Waals surface area (Å²) in [6, 6.07) is 0. The van der Waals surface area contributed by atoms with Gasteiger partial charge in [-0.05, 0) is 0 Å². The van der Waals surface area contributed by atoms with Crippen molar-refractivity contribution in [2.75, 3.05) is 19.0 Å². The number of hydrogen-bond acceptors (Lipinski definition) is 9. The summed E-state index contributed by atoms with van der Waals surface area (Å²) in [5, 5.41) is 0. The van der Waals surface area contributed by atoms with Crippen LogP contribution in [0.5, 0.6) is 11.5 Å². The largest absolute Gasteiger partial charge is 0.483 e. The van der Waals surface area contributed by atoms with Gasteiger partial charge < -0.3 is 23.4 Å². The number of epoxide rings is 1. The molecule has 0 amide bonds. The Morgan fingerprint density at radius 1 is 1.32 bits per heavy atom. The van der Waals surface area contributed by atoms with Crippen LogP contribution in [0.25, 0.3) is 11.2 Å². The summed E-state index contributed by atoms with van der Waals surface area (Å²) in [5.74, 6) is -4.95. The summed E-state index contributed by atoms with van der Waals surface area (Å²) in [6.45, 7) is 0.441. The van der Waals surface area contributed by atoms with Crippen LogP contribution in [0.15, 0.2) is 4.42 Å². The fourth-order valence-corrected chi connectivity index (χ4v) is 3.27. The molecule has 2 aromatic heterocycles. The van der Waals surface area contributed by atoms with Gasteiger partial charge in [0.1, 0.15) is 29.6 Å². The lowest BCUT2D eigenvalue weighted by molar-refractivity contribution is -0.197. The zero-order chi connectivity index (χ0) is 20.4. The number of alkyl halides is 3. The maximum Gasteiger partial charge on any atom is 0.426 e. The van der Waals surface area contributed by atoms with Crippen LogP contribution in [0.1, 0.15) is 20.7 Å². The Kier molecular flexibility index (Phi) is 3.99. The highest BCUT2D eigenvalue weighted by molar-refractivity contribution is 7.85. The number of fused-ring (bicyclic) bond motifs is 1. The number of carbonyl (C=O) groups is 2. The Labute approximate surface area is 153 Å². The fourth-order valence-electron chi connectivity index (χ4n) is 2.63. The minimum absolute atomic E-state index is 0.0160. The van der Waals surface area contributed by atoms with Crippen LogP contribution in [-0.4, -0.2) is 62.3 Å². The zero-order valence-electron chi connectivity index (χ0n) is 13.4. The minimum atomic E-state index is -5.30. The van der Waals surface area contributed by atoms with Crippen molar-refractivity contribution in [1.29, 1.82) is 0 Å². The van der Waals surface area contributed by atoms with E-state index < -0.39 is 51.2 Å². The summed E-state index contributed by atoms with van der Waals surface area (Å²) in [5.41, 5.74) is -1.70. The molecular weight excluding hydrogens is 417 g/mol. The highest BCUT2D eigenvalue weighted by Crippen LogP contribution is 2.52. The maximum absolute atomic E-state index is 13.0. The molecule has 1 fully saturated rings. The number of esters is 2. The Morgan fingerprint density at radius 2 is 2.00 bits per heavy atom. The molecule has 28 heavy (non-hydrogen) atoms. The van der Waals surface area contributed by atoms with Crippen molar-refractivity contribution < 1.29 is 59.1 Å². The fraction of sp³-hybridized carbons (Fsp3) is 0.429. The van der Waals surface area contributed by atoms with E-state index in [1.165, 1.54) is 0 Å². The normalized spacial score (nSPS) is 19.7. The molecule has 0 saturated carbocycles. The third kappa shape index (κ3) is 3.22. The molecule has 2 unspecified atom stereocenters. The Bertz CT molecular complexity index is 1070. The molecule has 1 saturated heterocycles. The first kappa shape index (κ1) is 18.8. The summed E-state index contributed by atoms with van der Waals surface area (Å²) < 4.78 is 93.9. The molecule has 2 bridgehead atoms. The number of halogens is 3. The van der Waals surface area contributed by atoms with E-state index in [0.29, 0.717) is 6.61 Å². The number of benzene rings is 1. The molecule has 2 atom stereocenters.